The van der Waals surface area contributed by atoms with Gasteiger partial charge in [-0.3, -0.25) is 4.68 Å². The SMILES string of the molecule is COc1nn(C)cc1Nc1ncc(F)c(-c2ccccc2O)n1. The number of aromatic nitrogens is 4. The Bertz CT molecular complexity index is 850. The molecule has 118 valence electrons. The van der Waals surface area contributed by atoms with E-state index in [4.69, 9.17) is 4.74 Å². The van der Waals surface area contributed by atoms with E-state index in [1.165, 1.54) is 13.2 Å². The number of phenols is 1. The molecule has 2 heterocycles. The summed E-state index contributed by atoms with van der Waals surface area (Å²) in [4.78, 5) is 8.04. The van der Waals surface area contributed by atoms with Crippen molar-refractivity contribution in [2.75, 3.05) is 12.4 Å². The van der Waals surface area contributed by atoms with E-state index >= 15 is 0 Å². The van der Waals surface area contributed by atoms with Crippen molar-refractivity contribution in [3.05, 3.63) is 42.5 Å². The third-order valence-corrected chi connectivity index (χ3v) is 3.14. The molecule has 0 aliphatic carbocycles. The third kappa shape index (κ3) is 2.91. The molecular formula is C15H14FN5O2. The van der Waals surface area contributed by atoms with Gasteiger partial charge in [-0.05, 0) is 12.1 Å². The quantitative estimate of drug-likeness (QED) is 0.769. The number of anilines is 2. The average Bonchev–Trinajstić information content (AvgIpc) is 2.89. The lowest BCUT2D eigenvalue weighted by Crippen LogP contribution is -2.01. The van der Waals surface area contributed by atoms with Crippen molar-refractivity contribution in [1.29, 1.82) is 0 Å². The Morgan fingerprint density at radius 1 is 1.30 bits per heavy atom. The van der Waals surface area contributed by atoms with E-state index in [2.05, 4.69) is 20.4 Å². The molecule has 0 unspecified atom stereocenters. The maximum Gasteiger partial charge on any atom is 0.256 e. The lowest BCUT2D eigenvalue weighted by molar-refractivity contribution is 0.393. The highest BCUT2D eigenvalue weighted by Crippen LogP contribution is 2.30. The molecule has 0 aliphatic rings. The number of benzene rings is 1. The van der Waals surface area contributed by atoms with Crippen molar-refractivity contribution in [3.63, 3.8) is 0 Å². The molecule has 8 heteroatoms. The molecule has 0 fully saturated rings. The highest BCUT2D eigenvalue weighted by Gasteiger charge is 2.15. The zero-order valence-corrected chi connectivity index (χ0v) is 12.5. The van der Waals surface area contributed by atoms with E-state index in [0.29, 0.717) is 11.6 Å². The molecule has 0 saturated carbocycles. The van der Waals surface area contributed by atoms with Crippen molar-refractivity contribution in [1.82, 2.24) is 19.7 Å². The van der Waals surface area contributed by atoms with Crippen LogP contribution in [0.15, 0.2) is 36.7 Å². The number of ether oxygens (including phenoxy) is 1. The van der Waals surface area contributed by atoms with Crippen LogP contribution < -0.4 is 10.1 Å². The Balaban J connectivity index is 1.99. The molecular weight excluding hydrogens is 301 g/mol. The number of para-hydroxylation sites is 1. The summed E-state index contributed by atoms with van der Waals surface area (Å²) in [6.07, 6.45) is 2.73. The second-order valence-corrected chi connectivity index (χ2v) is 4.76. The van der Waals surface area contributed by atoms with E-state index in [1.807, 2.05) is 0 Å². The van der Waals surface area contributed by atoms with Gasteiger partial charge in [0.05, 0.1) is 19.5 Å². The van der Waals surface area contributed by atoms with Gasteiger partial charge in [0.1, 0.15) is 17.1 Å². The molecule has 0 amide bonds. The number of aryl methyl sites for hydroxylation is 1. The van der Waals surface area contributed by atoms with Crippen molar-refractivity contribution < 1.29 is 14.2 Å². The van der Waals surface area contributed by atoms with Crippen molar-refractivity contribution in [3.8, 4) is 22.9 Å². The van der Waals surface area contributed by atoms with Gasteiger partial charge in [-0.15, -0.1) is 5.10 Å². The summed E-state index contributed by atoms with van der Waals surface area (Å²) in [7, 11) is 3.24. The van der Waals surface area contributed by atoms with Gasteiger partial charge in [0.2, 0.25) is 5.95 Å². The Morgan fingerprint density at radius 3 is 2.83 bits per heavy atom. The minimum atomic E-state index is -0.629. The van der Waals surface area contributed by atoms with Gasteiger partial charge < -0.3 is 15.2 Å². The normalized spacial score (nSPS) is 10.6. The maximum atomic E-state index is 14.0. The molecule has 23 heavy (non-hydrogen) atoms. The monoisotopic (exact) mass is 315 g/mol. The van der Waals surface area contributed by atoms with Crippen LogP contribution in [0.25, 0.3) is 11.3 Å². The minimum absolute atomic E-state index is 0.00320. The van der Waals surface area contributed by atoms with Crippen LogP contribution in [0.1, 0.15) is 0 Å². The zero-order valence-electron chi connectivity index (χ0n) is 12.5. The number of rotatable bonds is 4. The summed E-state index contributed by atoms with van der Waals surface area (Å²) in [6.45, 7) is 0. The van der Waals surface area contributed by atoms with E-state index in [-0.39, 0.29) is 23.0 Å². The molecule has 0 saturated heterocycles. The van der Waals surface area contributed by atoms with Crippen molar-refractivity contribution >= 4 is 11.6 Å². The summed E-state index contributed by atoms with van der Waals surface area (Å²) in [5, 5.41) is 16.9. The van der Waals surface area contributed by atoms with E-state index in [9.17, 15) is 9.50 Å². The summed E-state index contributed by atoms with van der Waals surface area (Å²) < 4.78 is 20.7. The van der Waals surface area contributed by atoms with Crippen LogP contribution in [0.4, 0.5) is 16.0 Å². The molecule has 1 aromatic carbocycles. The maximum absolute atomic E-state index is 14.0. The van der Waals surface area contributed by atoms with Crippen LogP contribution in [0.3, 0.4) is 0 Å². The first kappa shape index (κ1) is 14.8. The first-order chi connectivity index (χ1) is 11.1. The largest absolute Gasteiger partial charge is 0.507 e. The molecule has 0 aliphatic heterocycles. The number of phenolic OH excluding ortho intramolecular Hbond substituents is 1. The summed E-state index contributed by atoms with van der Waals surface area (Å²) in [5.74, 6) is -0.161. The predicted octanol–water partition coefficient (Wildman–Crippen LogP) is 2.47. The topological polar surface area (TPSA) is 85.1 Å². The van der Waals surface area contributed by atoms with Gasteiger partial charge in [-0.1, -0.05) is 12.1 Å². The molecule has 0 radical (unpaired) electrons. The number of nitrogens with one attached hydrogen (secondary N) is 1. The molecule has 2 N–H and O–H groups in total. The van der Waals surface area contributed by atoms with Crippen LogP contribution in [0.5, 0.6) is 11.6 Å². The Morgan fingerprint density at radius 2 is 2.09 bits per heavy atom. The molecule has 0 bridgehead atoms. The van der Waals surface area contributed by atoms with Crippen LogP contribution in [0.2, 0.25) is 0 Å². The first-order valence-corrected chi connectivity index (χ1v) is 6.74. The van der Waals surface area contributed by atoms with Gasteiger partial charge in [0, 0.05) is 12.6 Å². The second-order valence-electron chi connectivity index (χ2n) is 4.76. The van der Waals surface area contributed by atoms with Gasteiger partial charge in [0.15, 0.2) is 5.82 Å². The molecule has 0 spiro atoms. The fourth-order valence-electron chi connectivity index (χ4n) is 2.12. The van der Waals surface area contributed by atoms with Crippen LogP contribution in [-0.2, 0) is 7.05 Å². The standard InChI is InChI=1S/C15H14FN5O2/c1-21-8-11(14(20-21)23-2)18-15-17-7-10(16)13(19-15)9-5-3-4-6-12(9)22/h3-8,22H,1-2H3,(H,17,18,19). The van der Waals surface area contributed by atoms with Crippen LogP contribution in [-0.4, -0.2) is 32.0 Å². The molecule has 0 atom stereocenters. The molecule has 7 nitrogen and oxygen atoms in total. The lowest BCUT2D eigenvalue weighted by Gasteiger charge is -2.08. The van der Waals surface area contributed by atoms with Gasteiger partial charge in [0.25, 0.3) is 5.88 Å². The number of hydrogen-bond donors (Lipinski definition) is 2. The van der Waals surface area contributed by atoms with Gasteiger partial charge in [-0.25, -0.2) is 14.4 Å². The Hall–Kier alpha value is -3.16. The smallest absolute Gasteiger partial charge is 0.256 e. The van der Waals surface area contributed by atoms with E-state index in [1.54, 1.807) is 36.1 Å². The fraction of sp³-hybridized carbons (Fsp3) is 0.133. The fourth-order valence-corrected chi connectivity index (χ4v) is 2.12. The Kier molecular flexibility index (Phi) is 3.80. The lowest BCUT2D eigenvalue weighted by atomic mass is 10.1. The highest BCUT2D eigenvalue weighted by atomic mass is 19.1. The molecule has 3 rings (SSSR count). The number of aromatic hydroxyl groups is 1. The van der Waals surface area contributed by atoms with Crippen LogP contribution >= 0.6 is 0 Å². The minimum Gasteiger partial charge on any atom is -0.507 e. The number of halogens is 1. The van der Waals surface area contributed by atoms with Crippen LogP contribution in [0, 0.1) is 5.82 Å². The summed E-state index contributed by atoms with van der Waals surface area (Å²) in [5.41, 5.74) is 0.835. The van der Waals surface area contributed by atoms with E-state index in [0.717, 1.165) is 6.20 Å². The van der Waals surface area contributed by atoms with Gasteiger partial charge in [-0.2, -0.15) is 0 Å². The molecule has 3 aromatic rings. The Labute approximate surface area is 131 Å². The average molecular weight is 315 g/mol. The predicted molar refractivity (Wildman–Crippen MR) is 82.1 cm³/mol. The highest BCUT2D eigenvalue weighted by molar-refractivity contribution is 5.68. The van der Waals surface area contributed by atoms with E-state index < -0.39 is 5.82 Å². The molecule has 2 aromatic heterocycles. The number of nitrogens with zero attached hydrogens (tertiary/aromatic N) is 4. The van der Waals surface area contributed by atoms with Gasteiger partial charge >= 0.3 is 0 Å². The van der Waals surface area contributed by atoms with Crippen molar-refractivity contribution in [2.45, 2.75) is 0 Å². The van der Waals surface area contributed by atoms with Crippen molar-refractivity contribution in [2.24, 2.45) is 7.05 Å². The second kappa shape index (κ2) is 5.91. The third-order valence-electron chi connectivity index (χ3n) is 3.14. The number of hydrogen-bond acceptors (Lipinski definition) is 6. The zero-order chi connectivity index (χ0) is 16.4. The summed E-state index contributed by atoms with van der Waals surface area (Å²) in [6, 6.07) is 6.38. The number of methoxy groups -OCH3 is 1. The summed E-state index contributed by atoms with van der Waals surface area (Å²) >= 11 is 0. The first-order valence-electron chi connectivity index (χ1n) is 6.74.